The third-order valence-electron chi connectivity index (χ3n) is 13.3. The second-order valence-electron chi connectivity index (χ2n) is 16.9. The van der Waals surface area contributed by atoms with Crippen molar-refractivity contribution in [2.75, 3.05) is 4.90 Å². The largest absolute Gasteiger partial charge is 0.454 e. The minimum atomic E-state index is -0.251. The number of hydrogen-bond donors (Lipinski definition) is 0. The van der Waals surface area contributed by atoms with Crippen LogP contribution in [-0.4, -0.2) is 4.40 Å². The Morgan fingerprint density at radius 3 is 1.83 bits per heavy atom. The molecule has 0 spiro atoms. The van der Waals surface area contributed by atoms with Crippen LogP contribution < -0.4 is 4.90 Å². The molecule has 0 bridgehead atoms. The van der Waals surface area contributed by atoms with E-state index in [4.69, 9.17) is 4.42 Å². The molecule has 3 heteroatoms. The number of benzene rings is 9. The second-order valence-corrected chi connectivity index (χ2v) is 16.9. The van der Waals surface area contributed by atoms with E-state index in [1.807, 2.05) is 6.07 Å². The third-order valence-corrected chi connectivity index (χ3v) is 13.3. The number of furan rings is 1. The highest BCUT2D eigenvalue weighted by Crippen LogP contribution is 2.53. The van der Waals surface area contributed by atoms with Gasteiger partial charge in [0.2, 0.25) is 0 Å². The van der Waals surface area contributed by atoms with E-state index in [2.05, 4.69) is 211 Å². The summed E-state index contributed by atoms with van der Waals surface area (Å²) in [4.78, 5) is 2.37. The van der Waals surface area contributed by atoms with Gasteiger partial charge in [0.05, 0.1) is 22.2 Å². The van der Waals surface area contributed by atoms with E-state index in [1.165, 1.54) is 82.6 Å². The molecule has 3 heterocycles. The van der Waals surface area contributed by atoms with Gasteiger partial charge < -0.3 is 13.7 Å². The molecule has 0 atom stereocenters. The predicted molar refractivity (Wildman–Crippen MR) is 251 cm³/mol. The van der Waals surface area contributed by atoms with Gasteiger partial charge in [0.15, 0.2) is 5.58 Å². The zero-order valence-corrected chi connectivity index (χ0v) is 33.3. The van der Waals surface area contributed by atoms with Gasteiger partial charge in [0.1, 0.15) is 5.58 Å². The Hall–Kier alpha value is -7.62. The normalized spacial score (nSPS) is 13.3. The highest BCUT2D eigenvalue weighted by molar-refractivity contribution is 6.25. The predicted octanol–water partition coefficient (Wildman–Crippen LogP) is 15.8. The first-order valence-corrected chi connectivity index (χ1v) is 20.8. The Balaban J connectivity index is 0.971. The van der Waals surface area contributed by atoms with Crippen LogP contribution in [0.25, 0.3) is 93.4 Å². The van der Waals surface area contributed by atoms with Crippen molar-refractivity contribution in [3.63, 3.8) is 0 Å². The number of rotatable bonds is 5. The van der Waals surface area contributed by atoms with E-state index < -0.39 is 0 Å². The van der Waals surface area contributed by atoms with Crippen LogP contribution >= 0.6 is 0 Å². The maximum Gasteiger partial charge on any atom is 0.159 e. The van der Waals surface area contributed by atoms with Crippen molar-refractivity contribution >= 4 is 77.1 Å². The van der Waals surface area contributed by atoms with Gasteiger partial charge in [-0.1, -0.05) is 159 Å². The maximum absolute atomic E-state index is 6.69. The molecule has 1 aliphatic rings. The standard InChI is InChI=1S/C57H38N2O/c1-57(2)49-33-37(40-17-10-19-46-47-20-11-18-45-43-15-6-8-22-51(43)59(54(40)46)55(45)47)27-31-41(49)42-32-30-39(34-50(42)57)58(38-28-25-36(26-29-38)35-13-4-3-5-14-35)52-23-12-21-48-44-16-7-9-24-53(44)60-56(48)52/h3-34H,1-2H3. The van der Waals surface area contributed by atoms with Crippen molar-refractivity contribution < 1.29 is 4.42 Å². The topological polar surface area (TPSA) is 20.8 Å². The van der Waals surface area contributed by atoms with E-state index in [9.17, 15) is 0 Å². The fraction of sp³-hybridized carbons (Fsp3) is 0.0526. The van der Waals surface area contributed by atoms with Crippen molar-refractivity contribution in [3.8, 4) is 33.4 Å². The molecule has 0 saturated heterocycles. The molecule has 60 heavy (non-hydrogen) atoms. The molecule has 3 nitrogen and oxygen atoms in total. The summed E-state index contributed by atoms with van der Waals surface area (Å²) in [5, 5.41) is 7.44. The first-order valence-electron chi connectivity index (χ1n) is 20.8. The third kappa shape index (κ3) is 4.55. The minimum Gasteiger partial charge on any atom is -0.454 e. The molecule has 0 N–H and O–H groups in total. The summed E-state index contributed by atoms with van der Waals surface area (Å²) in [7, 11) is 0. The fourth-order valence-corrected chi connectivity index (χ4v) is 10.5. The highest BCUT2D eigenvalue weighted by atomic mass is 16.3. The van der Waals surface area contributed by atoms with Crippen molar-refractivity contribution in [2.24, 2.45) is 0 Å². The summed E-state index contributed by atoms with van der Waals surface area (Å²) < 4.78 is 9.19. The summed E-state index contributed by atoms with van der Waals surface area (Å²) in [6.45, 7) is 4.77. The number of fused-ring (bicyclic) bond motifs is 12. The van der Waals surface area contributed by atoms with Gasteiger partial charge in [0.25, 0.3) is 0 Å². The molecule has 12 aromatic rings. The lowest BCUT2D eigenvalue weighted by Crippen LogP contribution is -2.16. The van der Waals surface area contributed by atoms with Crippen LogP contribution in [0.2, 0.25) is 0 Å². The number of aromatic nitrogens is 1. The summed E-state index contributed by atoms with van der Waals surface area (Å²) in [5.41, 5.74) is 18.7. The van der Waals surface area contributed by atoms with E-state index in [1.54, 1.807) is 0 Å². The van der Waals surface area contributed by atoms with E-state index in [-0.39, 0.29) is 5.41 Å². The number of para-hydroxylation sites is 5. The van der Waals surface area contributed by atoms with Gasteiger partial charge in [-0.15, -0.1) is 0 Å². The zero-order valence-electron chi connectivity index (χ0n) is 33.3. The number of nitrogens with zero attached hydrogens (tertiary/aromatic N) is 2. The SMILES string of the molecule is CC1(C)c2cc(-c3cccc4c5cccc6c7ccccc7n(c34)c65)ccc2-c2ccc(N(c3ccc(-c4ccccc4)cc3)c3cccc4c3oc3ccccc34)cc21. The molecule has 0 radical (unpaired) electrons. The molecule has 13 rings (SSSR count). The van der Waals surface area contributed by atoms with Crippen LogP contribution in [0.5, 0.6) is 0 Å². The van der Waals surface area contributed by atoms with Gasteiger partial charge in [-0.05, 0) is 87.5 Å². The van der Waals surface area contributed by atoms with E-state index in [0.717, 1.165) is 39.0 Å². The molecule has 282 valence electrons. The van der Waals surface area contributed by atoms with Gasteiger partial charge in [-0.3, -0.25) is 0 Å². The Morgan fingerprint density at radius 2 is 1.00 bits per heavy atom. The molecule has 0 saturated carbocycles. The van der Waals surface area contributed by atoms with Crippen LogP contribution in [0.3, 0.4) is 0 Å². The Labute approximate surface area is 347 Å². The zero-order chi connectivity index (χ0) is 39.7. The van der Waals surface area contributed by atoms with E-state index in [0.29, 0.717) is 0 Å². The quantitative estimate of drug-likeness (QED) is 0.174. The first-order chi connectivity index (χ1) is 29.5. The molecule has 9 aromatic carbocycles. The minimum absolute atomic E-state index is 0.251. The van der Waals surface area contributed by atoms with Crippen LogP contribution in [-0.2, 0) is 5.41 Å². The second kappa shape index (κ2) is 12.2. The molecule has 0 fully saturated rings. The van der Waals surface area contributed by atoms with Crippen molar-refractivity contribution in [1.82, 2.24) is 4.40 Å². The monoisotopic (exact) mass is 766 g/mol. The Bertz CT molecular complexity index is 3680. The summed E-state index contributed by atoms with van der Waals surface area (Å²) in [6.07, 6.45) is 0. The van der Waals surface area contributed by atoms with Gasteiger partial charge in [-0.2, -0.15) is 0 Å². The highest BCUT2D eigenvalue weighted by Gasteiger charge is 2.37. The van der Waals surface area contributed by atoms with Crippen LogP contribution in [0.4, 0.5) is 17.1 Å². The summed E-state index contributed by atoms with van der Waals surface area (Å²) >= 11 is 0. The molecular weight excluding hydrogens is 729 g/mol. The summed E-state index contributed by atoms with van der Waals surface area (Å²) in [5.74, 6) is 0. The Morgan fingerprint density at radius 1 is 0.417 bits per heavy atom. The molecule has 0 aliphatic heterocycles. The number of hydrogen-bond acceptors (Lipinski definition) is 2. The lowest BCUT2D eigenvalue weighted by molar-refractivity contribution is 0.660. The van der Waals surface area contributed by atoms with Gasteiger partial charge in [-0.25, -0.2) is 0 Å². The van der Waals surface area contributed by atoms with Crippen LogP contribution in [0.1, 0.15) is 25.0 Å². The summed E-state index contributed by atoms with van der Waals surface area (Å²) in [6, 6.07) is 71.0. The lowest BCUT2D eigenvalue weighted by atomic mass is 9.81. The average molecular weight is 767 g/mol. The van der Waals surface area contributed by atoms with Crippen molar-refractivity contribution in [1.29, 1.82) is 0 Å². The number of anilines is 3. The van der Waals surface area contributed by atoms with Gasteiger partial charge >= 0.3 is 0 Å². The van der Waals surface area contributed by atoms with Crippen molar-refractivity contribution in [2.45, 2.75) is 19.3 Å². The smallest absolute Gasteiger partial charge is 0.159 e. The molecule has 1 aliphatic carbocycles. The molecule has 0 unspecified atom stereocenters. The van der Waals surface area contributed by atoms with Crippen molar-refractivity contribution in [3.05, 3.63) is 205 Å². The molecular formula is C57H38N2O. The van der Waals surface area contributed by atoms with Gasteiger partial charge in [0, 0.05) is 54.7 Å². The van der Waals surface area contributed by atoms with Crippen LogP contribution in [0.15, 0.2) is 199 Å². The average Bonchev–Trinajstić information content (AvgIpc) is 4.02. The fourth-order valence-electron chi connectivity index (χ4n) is 10.5. The Kier molecular flexibility index (Phi) is 6.78. The van der Waals surface area contributed by atoms with Crippen LogP contribution in [0, 0.1) is 0 Å². The first kappa shape index (κ1) is 33.4. The lowest BCUT2D eigenvalue weighted by Gasteiger charge is -2.28. The molecule has 3 aromatic heterocycles. The van der Waals surface area contributed by atoms with E-state index >= 15 is 0 Å². The molecule has 0 amide bonds. The maximum atomic E-state index is 6.69.